The highest BCUT2D eigenvalue weighted by Gasteiger charge is 2.53. The summed E-state index contributed by atoms with van der Waals surface area (Å²) in [5.41, 5.74) is 1.08. The largest absolute Gasteiger partial charge is 0.460 e. The van der Waals surface area contributed by atoms with Gasteiger partial charge in [-0.1, -0.05) is 78.5 Å². The number of Topliss-reactive ketones (excluding diaryl/α,β-unsaturated/α-hetero) is 3. The Kier molecular flexibility index (Phi) is 22.6. The Morgan fingerprint density at radius 2 is 1.62 bits per heavy atom. The highest BCUT2D eigenvalue weighted by atomic mass is 16.6. The highest BCUT2D eigenvalue weighted by Crippen LogP contribution is 2.37. The van der Waals surface area contributed by atoms with Crippen LogP contribution in [0.1, 0.15) is 132 Å². The quantitative estimate of drug-likeness (QED) is 0.0371. The van der Waals surface area contributed by atoms with Crippen LogP contribution < -0.4 is 0 Å². The van der Waals surface area contributed by atoms with Crippen LogP contribution in [0.15, 0.2) is 48.1 Å². The van der Waals surface area contributed by atoms with Gasteiger partial charge in [-0.3, -0.25) is 19.2 Å². The number of ketones is 3. The van der Waals surface area contributed by atoms with Gasteiger partial charge in [-0.25, -0.2) is 4.79 Å². The van der Waals surface area contributed by atoms with E-state index in [1.807, 2.05) is 32.9 Å². The summed E-state index contributed by atoms with van der Waals surface area (Å²) in [6.45, 7) is 18.2. The molecule has 0 spiro atoms. The minimum atomic E-state index is -2.48. The lowest BCUT2D eigenvalue weighted by Gasteiger charge is -2.42. The Balaban J connectivity index is 1.64. The number of esters is 1. The first-order chi connectivity index (χ1) is 30.5. The number of rotatable bonds is 24. The van der Waals surface area contributed by atoms with Crippen LogP contribution in [-0.4, -0.2) is 130 Å². The lowest BCUT2D eigenvalue weighted by atomic mass is 9.78. The number of carbonyl (C=O) groups is 5. The van der Waals surface area contributed by atoms with Gasteiger partial charge in [0.1, 0.15) is 30.1 Å². The van der Waals surface area contributed by atoms with Crippen molar-refractivity contribution in [3.8, 4) is 0 Å². The summed E-state index contributed by atoms with van der Waals surface area (Å²) in [5, 5.41) is 43.5. The molecule has 0 aromatic heterocycles. The molecule has 4 N–H and O–H groups in total. The summed E-state index contributed by atoms with van der Waals surface area (Å²) in [6, 6.07) is -1.09. The van der Waals surface area contributed by atoms with E-state index < -0.39 is 72.0 Å². The fraction of sp³-hybridized carbons (Fsp3) is 0.745. The Hall–Kier alpha value is -3.37. The lowest BCUT2D eigenvalue weighted by Crippen LogP contribution is -2.61. The molecular weight excluding hydrogens is 835 g/mol. The maximum Gasteiger partial charge on any atom is 0.329 e. The molecule has 2 saturated heterocycles. The van der Waals surface area contributed by atoms with Crippen LogP contribution >= 0.6 is 0 Å². The van der Waals surface area contributed by atoms with E-state index >= 15 is 0 Å². The van der Waals surface area contributed by atoms with Gasteiger partial charge in [0.25, 0.3) is 11.7 Å². The second-order valence-corrected chi connectivity index (χ2v) is 19.7. The van der Waals surface area contributed by atoms with Crippen molar-refractivity contribution in [1.82, 2.24) is 4.90 Å². The zero-order valence-electron chi connectivity index (χ0n) is 40.8. The summed E-state index contributed by atoms with van der Waals surface area (Å²) in [4.78, 5) is 69.2. The van der Waals surface area contributed by atoms with Gasteiger partial charge >= 0.3 is 5.97 Å². The third-order valence-corrected chi connectivity index (χ3v) is 13.9. The number of nitrogens with zero attached hydrogens (tertiary/aromatic N) is 1. The van der Waals surface area contributed by atoms with Crippen LogP contribution in [0, 0.1) is 35.5 Å². The molecule has 3 aliphatic rings. The van der Waals surface area contributed by atoms with Gasteiger partial charge in [0, 0.05) is 51.4 Å². The molecule has 1 aliphatic carbocycles. The second kappa shape index (κ2) is 26.2. The summed E-state index contributed by atoms with van der Waals surface area (Å²) in [6.07, 6.45) is 9.28. The minimum absolute atomic E-state index is 0.0111. The molecule has 65 heavy (non-hydrogen) atoms. The van der Waals surface area contributed by atoms with Gasteiger partial charge in [0.2, 0.25) is 5.79 Å². The third kappa shape index (κ3) is 15.9. The maximum atomic E-state index is 14.1. The first kappa shape index (κ1) is 56.0. The van der Waals surface area contributed by atoms with Gasteiger partial charge in [-0.15, -0.1) is 0 Å². The van der Waals surface area contributed by atoms with E-state index in [1.165, 1.54) is 12.0 Å². The minimum Gasteiger partial charge on any atom is -0.460 e. The SMILES string of the molecule is C=C(C)[C@@H](O)[C@@H](OC)C(=O)[C@H](C)C[C@H](C)/C=C/C=C/C=C(\C)[C@@H](O)C[C@@H]1CC[C@@H](C)[C@](O)(C(=O)C(=O)N2CCCC[C@H]2C(=O)O[C@@H](CC(=O)C(C)C)[C@H](C)C[C@@H]2CC[C@@H](O)[C@H](OC)C2)O1. The van der Waals surface area contributed by atoms with E-state index in [1.54, 1.807) is 60.0 Å². The highest BCUT2D eigenvalue weighted by molar-refractivity contribution is 6.39. The molecule has 1 saturated carbocycles. The zero-order chi connectivity index (χ0) is 48.8. The summed E-state index contributed by atoms with van der Waals surface area (Å²) in [5.74, 6) is -6.97. The number of hydrogen-bond acceptors (Lipinski definition) is 13. The monoisotopic (exact) mass is 916 g/mol. The van der Waals surface area contributed by atoms with Crippen LogP contribution in [0.2, 0.25) is 0 Å². The number of hydrogen-bond donors (Lipinski definition) is 4. The van der Waals surface area contributed by atoms with Crippen molar-refractivity contribution in [2.75, 3.05) is 20.8 Å². The van der Waals surface area contributed by atoms with Gasteiger partial charge in [-0.2, -0.15) is 0 Å². The fourth-order valence-electron chi connectivity index (χ4n) is 9.33. The molecule has 3 rings (SSSR count). The number of methoxy groups -OCH3 is 2. The number of carbonyl (C=O) groups excluding carboxylic acids is 5. The number of allylic oxidation sites excluding steroid dienone is 5. The van der Waals surface area contributed by atoms with E-state index in [0.717, 1.165) is 6.42 Å². The first-order valence-corrected chi connectivity index (χ1v) is 23.8. The third-order valence-electron chi connectivity index (χ3n) is 13.9. The number of piperidine rings is 1. The average Bonchev–Trinajstić information content (AvgIpc) is 3.27. The van der Waals surface area contributed by atoms with Crippen molar-refractivity contribution in [2.45, 2.75) is 187 Å². The van der Waals surface area contributed by atoms with Crippen molar-refractivity contribution in [3.05, 3.63) is 48.1 Å². The lowest BCUT2D eigenvalue weighted by molar-refractivity contribution is -0.265. The molecule has 14 atom stereocenters. The number of aliphatic hydroxyl groups is 4. The first-order valence-electron chi connectivity index (χ1n) is 23.8. The van der Waals surface area contributed by atoms with E-state index in [9.17, 15) is 44.4 Å². The van der Waals surface area contributed by atoms with Gasteiger partial charge < -0.3 is 44.3 Å². The van der Waals surface area contributed by atoms with Crippen molar-refractivity contribution >= 4 is 29.2 Å². The smallest absolute Gasteiger partial charge is 0.329 e. The van der Waals surface area contributed by atoms with Crippen molar-refractivity contribution in [2.24, 2.45) is 35.5 Å². The topological polar surface area (TPSA) is 206 Å². The van der Waals surface area contributed by atoms with E-state index in [0.29, 0.717) is 62.5 Å². The molecule has 14 heteroatoms. The normalized spacial score (nSPS) is 28.9. The van der Waals surface area contributed by atoms with Gasteiger partial charge in [-0.05, 0) is 107 Å². The Bertz CT molecular complexity index is 1710. The maximum absolute atomic E-state index is 14.1. The fourth-order valence-corrected chi connectivity index (χ4v) is 9.33. The van der Waals surface area contributed by atoms with Crippen molar-refractivity contribution in [1.29, 1.82) is 0 Å². The number of likely N-dealkylation sites (tertiary alicyclic amines) is 1. The van der Waals surface area contributed by atoms with Crippen molar-refractivity contribution in [3.63, 3.8) is 0 Å². The van der Waals surface area contributed by atoms with Crippen LogP contribution in [0.4, 0.5) is 0 Å². The predicted octanol–water partition coefficient (Wildman–Crippen LogP) is 6.16. The van der Waals surface area contributed by atoms with Gasteiger partial charge in [0.15, 0.2) is 5.78 Å². The summed E-state index contributed by atoms with van der Waals surface area (Å²) < 4.78 is 22.9. The number of amides is 1. The molecule has 2 heterocycles. The second-order valence-electron chi connectivity index (χ2n) is 19.7. The molecule has 1 amide bonds. The molecule has 0 unspecified atom stereocenters. The molecule has 0 radical (unpaired) electrons. The van der Waals surface area contributed by atoms with Crippen LogP contribution in [0.5, 0.6) is 0 Å². The van der Waals surface area contributed by atoms with E-state index in [-0.39, 0.29) is 73.1 Å². The molecule has 368 valence electrons. The molecule has 3 fully saturated rings. The van der Waals surface area contributed by atoms with Gasteiger partial charge in [0.05, 0.1) is 24.4 Å². The molecule has 0 aromatic rings. The molecular formula is C51H81NO13. The van der Waals surface area contributed by atoms with Crippen LogP contribution in [0.3, 0.4) is 0 Å². The number of ether oxygens (including phenoxy) is 4. The Labute approximate surface area is 387 Å². The van der Waals surface area contributed by atoms with Crippen LogP contribution in [0.25, 0.3) is 0 Å². The summed E-state index contributed by atoms with van der Waals surface area (Å²) >= 11 is 0. The standard InChI is InChI=1S/C51H81NO13/c1-30(2)41(54)29-43(34(7)26-37-21-23-40(53)44(27-37)62-10)64-50(60)39-19-15-16-24-52(39)49(59)48(58)51(61)36(9)20-22-38(65-51)28-42(55)33(6)18-14-12-13-17-32(5)25-35(8)46(57)47(63-11)45(56)31(3)4/h12-14,17-18,30,32,34-40,42-45,47,53,55-56,61H,3,15-16,19-29H2,1-2,4-11H3/b14-12+,17-13+,33-18+/t32-,34-,35-,36-,37+,38+,39+,40-,42+,43+,44-,45-,47-,51-/m1/s1. The predicted molar refractivity (Wildman–Crippen MR) is 247 cm³/mol. The number of aliphatic hydroxyl groups excluding tert-OH is 3. The Morgan fingerprint density at radius 3 is 2.25 bits per heavy atom. The molecule has 14 nitrogen and oxygen atoms in total. The van der Waals surface area contributed by atoms with Crippen molar-refractivity contribution < 1.29 is 63.3 Å². The van der Waals surface area contributed by atoms with E-state index in [2.05, 4.69) is 6.58 Å². The van der Waals surface area contributed by atoms with E-state index in [4.69, 9.17) is 18.9 Å². The van der Waals surface area contributed by atoms with Crippen LogP contribution in [-0.2, 0) is 42.9 Å². The Morgan fingerprint density at radius 1 is 0.923 bits per heavy atom. The molecule has 0 aromatic carbocycles. The molecule has 0 bridgehead atoms. The average molecular weight is 916 g/mol. The summed E-state index contributed by atoms with van der Waals surface area (Å²) in [7, 11) is 2.97. The molecule has 2 aliphatic heterocycles. The zero-order valence-corrected chi connectivity index (χ0v) is 40.8.